The first-order valence-corrected chi connectivity index (χ1v) is 10.0. The summed E-state index contributed by atoms with van der Waals surface area (Å²) >= 11 is 5.96. The number of guanidine groups is 1. The number of benzene rings is 1. The zero-order valence-electron chi connectivity index (χ0n) is 16.4. The Morgan fingerprint density at radius 3 is 2.67 bits per heavy atom. The summed E-state index contributed by atoms with van der Waals surface area (Å²) in [6.45, 7) is 9.12. The average Bonchev–Trinajstić information content (AvgIpc) is 2.66. The lowest BCUT2D eigenvalue weighted by Gasteiger charge is -2.21. The van der Waals surface area contributed by atoms with Crippen LogP contribution in [0.3, 0.4) is 0 Å². The molecule has 0 saturated carbocycles. The standard InChI is InChI=1S/C20H32ClN3O2.HI/c1-3-22-20(24-16(2)18-5-7-19(21)8-6-18)23-11-4-12-26-15-17-9-13-25-14-10-17;/h5-8,16-17H,3-4,9-15H2,1-2H3,(H2,22,23,24);1H. The fourth-order valence-corrected chi connectivity index (χ4v) is 3.01. The van der Waals surface area contributed by atoms with Crippen LogP contribution in [0.2, 0.25) is 5.02 Å². The van der Waals surface area contributed by atoms with Crippen LogP contribution in [0.1, 0.15) is 44.7 Å². The van der Waals surface area contributed by atoms with E-state index in [2.05, 4.69) is 29.5 Å². The molecule has 1 unspecified atom stereocenters. The van der Waals surface area contributed by atoms with Crippen molar-refractivity contribution >= 4 is 41.5 Å². The Morgan fingerprint density at radius 2 is 2.00 bits per heavy atom. The fraction of sp³-hybridized carbons (Fsp3) is 0.650. The van der Waals surface area contributed by atoms with Gasteiger partial charge >= 0.3 is 0 Å². The van der Waals surface area contributed by atoms with Crippen LogP contribution >= 0.6 is 35.6 Å². The molecule has 0 spiro atoms. The number of halogens is 2. The van der Waals surface area contributed by atoms with E-state index in [4.69, 9.17) is 21.1 Å². The van der Waals surface area contributed by atoms with Crippen molar-refractivity contribution in [1.82, 2.24) is 10.6 Å². The maximum atomic E-state index is 5.96. The Hall–Kier alpha value is -0.570. The third-order valence-corrected chi connectivity index (χ3v) is 4.73. The molecule has 1 atom stereocenters. The predicted octanol–water partition coefficient (Wildman–Crippen LogP) is 4.41. The van der Waals surface area contributed by atoms with Crippen molar-refractivity contribution in [2.75, 3.05) is 39.5 Å². The van der Waals surface area contributed by atoms with Gasteiger partial charge in [-0.2, -0.15) is 0 Å². The molecule has 1 aliphatic rings. The van der Waals surface area contributed by atoms with Gasteiger partial charge in [-0.3, -0.25) is 4.99 Å². The van der Waals surface area contributed by atoms with Crippen molar-refractivity contribution in [3.05, 3.63) is 34.9 Å². The molecule has 1 aliphatic heterocycles. The molecule has 0 bridgehead atoms. The molecule has 154 valence electrons. The molecule has 1 heterocycles. The molecule has 7 heteroatoms. The summed E-state index contributed by atoms with van der Waals surface area (Å²) in [6, 6.07) is 8.06. The maximum Gasteiger partial charge on any atom is 0.191 e. The van der Waals surface area contributed by atoms with Crippen LogP contribution in [0.4, 0.5) is 0 Å². The SMILES string of the molecule is CCNC(=NCCCOCC1CCOCC1)NC(C)c1ccc(Cl)cc1.I. The molecule has 0 amide bonds. The summed E-state index contributed by atoms with van der Waals surface area (Å²) in [4.78, 5) is 4.65. The topological polar surface area (TPSA) is 54.9 Å². The summed E-state index contributed by atoms with van der Waals surface area (Å²) in [5, 5.41) is 7.48. The van der Waals surface area contributed by atoms with Crippen LogP contribution in [0.5, 0.6) is 0 Å². The monoisotopic (exact) mass is 509 g/mol. The van der Waals surface area contributed by atoms with Crippen molar-refractivity contribution in [3.63, 3.8) is 0 Å². The Morgan fingerprint density at radius 1 is 1.30 bits per heavy atom. The molecule has 0 aliphatic carbocycles. The molecule has 5 nitrogen and oxygen atoms in total. The lowest BCUT2D eigenvalue weighted by Crippen LogP contribution is -2.38. The van der Waals surface area contributed by atoms with Gasteiger partial charge in [-0.1, -0.05) is 23.7 Å². The van der Waals surface area contributed by atoms with E-state index < -0.39 is 0 Å². The number of ether oxygens (including phenoxy) is 2. The van der Waals surface area contributed by atoms with E-state index in [9.17, 15) is 0 Å². The van der Waals surface area contributed by atoms with Crippen LogP contribution in [-0.2, 0) is 9.47 Å². The van der Waals surface area contributed by atoms with Crippen LogP contribution in [-0.4, -0.2) is 45.5 Å². The molecule has 2 N–H and O–H groups in total. The normalized spacial score (nSPS) is 16.5. The highest BCUT2D eigenvalue weighted by atomic mass is 127. The van der Waals surface area contributed by atoms with Crippen LogP contribution in [0, 0.1) is 5.92 Å². The van der Waals surface area contributed by atoms with Gasteiger partial charge in [0.25, 0.3) is 0 Å². The second kappa shape index (κ2) is 14.4. The van der Waals surface area contributed by atoms with E-state index >= 15 is 0 Å². The first-order valence-electron chi connectivity index (χ1n) is 9.64. The molecular weight excluding hydrogens is 477 g/mol. The van der Waals surface area contributed by atoms with Gasteiger partial charge in [0.15, 0.2) is 5.96 Å². The number of nitrogens with zero attached hydrogens (tertiary/aromatic N) is 1. The molecule has 1 fully saturated rings. The van der Waals surface area contributed by atoms with Crippen LogP contribution in [0.15, 0.2) is 29.3 Å². The molecule has 1 aromatic rings. The minimum atomic E-state index is 0. The summed E-state index contributed by atoms with van der Waals surface area (Å²) in [7, 11) is 0. The smallest absolute Gasteiger partial charge is 0.191 e. The molecule has 1 saturated heterocycles. The highest BCUT2D eigenvalue weighted by Crippen LogP contribution is 2.16. The zero-order chi connectivity index (χ0) is 18.6. The van der Waals surface area contributed by atoms with Gasteiger partial charge in [-0.05, 0) is 56.7 Å². The van der Waals surface area contributed by atoms with Gasteiger partial charge < -0.3 is 20.1 Å². The van der Waals surface area contributed by atoms with E-state index in [1.54, 1.807) is 0 Å². The van der Waals surface area contributed by atoms with E-state index in [1.165, 1.54) is 5.56 Å². The van der Waals surface area contributed by atoms with Gasteiger partial charge in [-0.25, -0.2) is 0 Å². The quantitative estimate of drug-likeness (QED) is 0.224. The third kappa shape index (κ3) is 9.96. The Kier molecular flexibility index (Phi) is 13.1. The minimum absolute atomic E-state index is 0. The first-order chi connectivity index (χ1) is 12.7. The van der Waals surface area contributed by atoms with Crippen molar-refractivity contribution in [1.29, 1.82) is 0 Å². The molecule has 27 heavy (non-hydrogen) atoms. The number of hydrogen-bond acceptors (Lipinski definition) is 3. The second-order valence-corrected chi connectivity index (χ2v) is 7.10. The Balaban J connectivity index is 0.00000364. The predicted molar refractivity (Wildman–Crippen MR) is 123 cm³/mol. The third-order valence-electron chi connectivity index (χ3n) is 4.48. The second-order valence-electron chi connectivity index (χ2n) is 6.66. The van der Waals surface area contributed by atoms with Crippen molar-refractivity contribution in [2.24, 2.45) is 10.9 Å². The molecule has 2 rings (SSSR count). The zero-order valence-corrected chi connectivity index (χ0v) is 19.5. The molecule has 0 aromatic heterocycles. The largest absolute Gasteiger partial charge is 0.381 e. The van der Waals surface area contributed by atoms with Gasteiger partial charge in [0.1, 0.15) is 0 Å². The highest BCUT2D eigenvalue weighted by molar-refractivity contribution is 14.0. The molecular formula is C20H33ClIN3O2. The van der Waals surface area contributed by atoms with Gasteiger partial charge in [0.2, 0.25) is 0 Å². The summed E-state index contributed by atoms with van der Waals surface area (Å²) in [6.07, 6.45) is 3.17. The molecule has 1 aromatic carbocycles. The number of nitrogens with one attached hydrogen (secondary N) is 2. The highest BCUT2D eigenvalue weighted by Gasteiger charge is 2.13. The van der Waals surface area contributed by atoms with E-state index in [1.807, 2.05) is 24.3 Å². The van der Waals surface area contributed by atoms with E-state index in [-0.39, 0.29) is 30.0 Å². The first kappa shape index (κ1) is 24.5. The minimum Gasteiger partial charge on any atom is -0.381 e. The van der Waals surface area contributed by atoms with E-state index in [0.717, 1.165) is 69.8 Å². The maximum absolute atomic E-state index is 5.96. The lowest BCUT2D eigenvalue weighted by atomic mass is 10.0. The van der Waals surface area contributed by atoms with E-state index in [0.29, 0.717) is 5.92 Å². The Labute approximate surface area is 185 Å². The Bertz CT molecular complexity index is 537. The van der Waals surface area contributed by atoms with Crippen molar-refractivity contribution in [2.45, 2.75) is 39.2 Å². The number of aliphatic imine (C=N–C) groups is 1. The summed E-state index contributed by atoms with van der Waals surface area (Å²) in [5.41, 5.74) is 1.18. The van der Waals surface area contributed by atoms with Crippen molar-refractivity contribution < 1.29 is 9.47 Å². The van der Waals surface area contributed by atoms with Crippen LogP contribution < -0.4 is 10.6 Å². The average molecular weight is 510 g/mol. The number of hydrogen-bond donors (Lipinski definition) is 2. The summed E-state index contributed by atoms with van der Waals surface area (Å²) in [5.74, 6) is 1.49. The van der Waals surface area contributed by atoms with Crippen molar-refractivity contribution in [3.8, 4) is 0 Å². The van der Waals surface area contributed by atoms with Gasteiger partial charge in [-0.15, -0.1) is 24.0 Å². The van der Waals surface area contributed by atoms with Gasteiger partial charge in [0, 0.05) is 44.5 Å². The molecule has 0 radical (unpaired) electrons. The van der Waals surface area contributed by atoms with Crippen LogP contribution in [0.25, 0.3) is 0 Å². The van der Waals surface area contributed by atoms with Gasteiger partial charge in [0.05, 0.1) is 6.04 Å². The fourth-order valence-electron chi connectivity index (χ4n) is 2.88. The summed E-state index contributed by atoms with van der Waals surface area (Å²) < 4.78 is 11.2. The lowest BCUT2D eigenvalue weighted by molar-refractivity contribution is 0.0205. The number of rotatable bonds is 9.